The highest BCUT2D eigenvalue weighted by Crippen LogP contribution is 2.32. The van der Waals surface area contributed by atoms with Crippen molar-refractivity contribution in [2.24, 2.45) is 7.05 Å². The smallest absolute Gasteiger partial charge is 0.332 e. The highest BCUT2D eigenvalue weighted by Gasteiger charge is 2.22. The van der Waals surface area contributed by atoms with Crippen molar-refractivity contribution in [1.29, 1.82) is 0 Å². The second-order valence-electron chi connectivity index (χ2n) is 7.53. The molecule has 0 radical (unpaired) electrons. The predicted molar refractivity (Wildman–Crippen MR) is 124 cm³/mol. The van der Waals surface area contributed by atoms with E-state index in [1.807, 2.05) is 13.8 Å². The average Bonchev–Trinajstić information content (AvgIpc) is 3.49. The molecule has 1 aromatic carbocycles. The van der Waals surface area contributed by atoms with Crippen LogP contribution in [0.3, 0.4) is 0 Å². The number of H-pyrrole nitrogens is 2. The Hall–Kier alpha value is -3.94. The van der Waals surface area contributed by atoms with E-state index in [1.165, 1.54) is 36.1 Å². The largest absolute Gasteiger partial charge is 0.493 e. The van der Waals surface area contributed by atoms with Gasteiger partial charge in [-0.25, -0.2) is 28.0 Å². The molecule has 4 rings (SSSR count). The number of fused-ring (bicyclic) bond motifs is 1. The fraction of sp³-hybridized carbons (Fsp3) is 0.350. The van der Waals surface area contributed by atoms with Gasteiger partial charge in [-0.3, -0.25) is 13.9 Å². The fourth-order valence-corrected chi connectivity index (χ4v) is 4.42. The van der Waals surface area contributed by atoms with E-state index in [1.54, 1.807) is 0 Å². The molecule has 0 saturated carbocycles. The summed E-state index contributed by atoms with van der Waals surface area (Å²) in [4.78, 5) is 36.5. The van der Waals surface area contributed by atoms with Crippen LogP contribution in [0, 0.1) is 0 Å². The Balaban J connectivity index is 1.90. The number of rotatable bonds is 9. The SMILES string of the molecule is CCCOc1ccc(S(=O)(=O)Nc2ncn[nH]2)cc1-c1nc2c([nH]1)c(=O)n(C)c(=O)n2CCC. The summed E-state index contributed by atoms with van der Waals surface area (Å²) in [5.41, 5.74) is -0.354. The van der Waals surface area contributed by atoms with Crippen LogP contribution in [-0.2, 0) is 23.6 Å². The van der Waals surface area contributed by atoms with Crippen LogP contribution in [0.2, 0.25) is 0 Å². The van der Waals surface area contributed by atoms with Gasteiger partial charge in [0.15, 0.2) is 5.65 Å². The Morgan fingerprint density at radius 3 is 2.65 bits per heavy atom. The number of sulfonamides is 1. The van der Waals surface area contributed by atoms with Gasteiger partial charge in [-0.1, -0.05) is 13.8 Å². The van der Waals surface area contributed by atoms with Crippen molar-refractivity contribution in [3.05, 3.63) is 45.4 Å². The lowest BCUT2D eigenvalue weighted by Crippen LogP contribution is -2.38. The average molecular weight is 489 g/mol. The van der Waals surface area contributed by atoms with Crippen molar-refractivity contribution in [3.63, 3.8) is 0 Å². The number of nitrogens with one attached hydrogen (secondary N) is 3. The molecule has 0 aliphatic heterocycles. The zero-order chi connectivity index (χ0) is 24.5. The molecule has 0 amide bonds. The molecule has 180 valence electrons. The van der Waals surface area contributed by atoms with Crippen molar-refractivity contribution >= 4 is 27.1 Å². The number of hydrogen-bond acceptors (Lipinski definition) is 8. The van der Waals surface area contributed by atoms with Crippen LogP contribution in [-0.4, -0.2) is 49.3 Å². The van der Waals surface area contributed by atoms with E-state index < -0.39 is 21.3 Å². The molecule has 0 aliphatic rings. The number of ether oxygens (including phenoxy) is 1. The summed E-state index contributed by atoms with van der Waals surface area (Å²) < 4.78 is 36.3. The molecule has 3 N–H and O–H groups in total. The van der Waals surface area contributed by atoms with Crippen molar-refractivity contribution in [3.8, 4) is 17.1 Å². The summed E-state index contributed by atoms with van der Waals surface area (Å²) in [6.45, 7) is 4.60. The molecule has 0 atom stereocenters. The molecular formula is C20H24N8O5S. The first-order valence-electron chi connectivity index (χ1n) is 10.6. The maximum Gasteiger partial charge on any atom is 0.332 e. The predicted octanol–water partition coefficient (Wildman–Crippen LogP) is 1.21. The maximum atomic E-state index is 12.9. The number of imidazole rings is 1. The first-order chi connectivity index (χ1) is 16.3. The van der Waals surface area contributed by atoms with Crippen LogP contribution in [0.25, 0.3) is 22.6 Å². The second-order valence-corrected chi connectivity index (χ2v) is 9.21. The molecule has 3 heterocycles. The van der Waals surface area contributed by atoms with Crippen LogP contribution in [0.1, 0.15) is 26.7 Å². The minimum atomic E-state index is -4.02. The van der Waals surface area contributed by atoms with Crippen LogP contribution < -0.4 is 20.7 Å². The molecule has 0 bridgehead atoms. The Morgan fingerprint density at radius 2 is 1.97 bits per heavy atom. The van der Waals surface area contributed by atoms with E-state index in [0.29, 0.717) is 30.9 Å². The molecule has 4 aromatic rings. The monoisotopic (exact) mass is 488 g/mol. The van der Waals surface area contributed by atoms with Gasteiger partial charge in [0.05, 0.1) is 17.1 Å². The lowest BCUT2D eigenvalue weighted by atomic mass is 10.2. The molecular weight excluding hydrogens is 464 g/mol. The summed E-state index contributed by atoms with van der Waals surface area (Å²) in [6, 6.07) is 4.29. The van der Waals surface area contributed by atoms with E-state index >= 15 is 0 Å². The van der Waals surface area contributed by atoms with Crippen LogP contribution in [0.15, 0.2) is 39.0 Å². The summed E-state index contributed by atoms with van der Waals surface area (Å²) in [5, 5.41) is 6.06. The van der Waals surface area contributed by atoms with E-state index in [0.717, 1.165) is 11.0 Å². The minimum Gasteiger partial charge on any atom is -0.493 e. The molecule has 0 saturated heterocycles. The molecule has 13 nitrogen and oxygen atoms in total. The highest BCUT2D eigenvalue weighted by molar-refractivity contribution is 7.92. The normalized spacial score (nSPS) is 11.7. The first kappa shape index (κ1) is 23.2. The van der Waals surface area contributed by atoms with Crippen LogP contribution >= 0.6 is 0 Å². The van der Waals surface area contributed by atoms with Crippen LogP contribution in [0.5, 0.6) is 5.75 Å². The minimum absolute atomic E-state index is 0.0383. The third-order valence-corrected chi connectivity index (χ3v) is 6.38. The standard InChI is InChI=1S/C20H24N8O5S/c1-4-8-28-17-15(18(29)27(3)20(28)30)23-16(24-17)13-10-12(6-7-14(13)33-9-5-2)34(31,32)26-19-21-11-22-25-19/h6-7,10-11H,4-5,8-9H2,1-3H3,(H,23,24)(H2,21,22,25,26). The third-order valence-electron chi connectivity index (χ3n) is 5.05. The van der Waals surface area contributed by atoms with Gasteiger partial charge in [0.1, 0.15) is 23.4 Å². The van der Waals surface area contributed by atoms with Crippen molar-refractivity contribution in [1.82, 2.24) is 34.3 Å². The van der Waals surface area contributed by atoms with Crippen LogP contribution in [0.4, 0.5) is 5.95 Å². The molecule has 34 heavy (non-hydrogen) atoms. The van der Waals surface area contributed by atoms with E-state index in [4.69, 9.17) is 4.74 Å². The molecule has 0 spiro atoms. The van der Waals surface area contributed by atoms with Gasteiger partial charge >= 0.3 is 5.69 Å². The summed E-state index contributed by atoms with van der Waals surface area (Å²) in [6.07, 6.45) is 2.56. The van der Waals surface area contributed by atoms with Crippen molar-refractivity contribution in [2.75, 3.05) is 11.3 Å². The number of nitrogens with zero attached hydrogens (tertiary/aromatic N) is 5. The maximum absolute atomic E-state index is 12.9. The van der Waals surface area contributed by atoms with Crippen molar-refractivity contribution < 1.29 is 13.2 Å². The van der Waals surface area contributed by atoms with Gasteiger partial charge in [0, 0.05) is 13.6 Å². The van der Waals surface area contributed by atoms with Gasteiger partial charge in [-0.15, -0.1) is 0 Å². The Labute approximate surface area is 193 Å². The molecule has 3 aromatic heterocycles. The molecule has 14 heteroatoms. The lowest BCUT2D eigenvalue weighted by molar-refractivity contribution is 0.318. The zero-order valence-corrected chi connectivity index (χ0v) is 19.6. The molecule has 0 unspecified atom stereocenters. The summed E-state index contributed by atoms with van der Waals surface area (Å²) >= 11 is 0. The number of anilines is 1. The van der Waals surface area contributed by atoms with E-state index in [-0.39, 0.29) is 27.8 Å². The van der Waals surface area contributed by atoms with Crippen molar-refractivity contribution in [2.45, 2.75) is 38.1 Å². The third kappa shape index (κ3) is 4.19. The Kier molecular flexibility index (Phi) is 6.24. The molecule has 0 fully saturated rings. The quantitative estimate of drug-likeness (QED) is 0.316. The first-order valence-corrected chi connectivity index (χ1v) is 12.1. The summed E-state index contributed by atoms with van der Waals surface area (Å²) in [7, 11) is -2.62. The Bertz CT molecular complexity index is 1550. The topological polar surface area (TPSA) is 170 Å². The zero-order valence-electron chi connectivity index (χ0n) is 18.8. The Morgan fingerprint density at radius 1 is 1.18 bits per heavy atom. The number of aromatic amines is 2. The second kappa shape index (κ2) is 9.13. The summed E-state index contributed by atoms with van der Waals surface area (Å²) in [5.74, 6) is 0.537. The van der Waals surface area contributed by atoms with E-state index in [9.17, 15) is 18.0 Å². The van der Waals surface area contributed by atoms with Gasteiger partial charge in [-0.2, -0.15) is 10.1 Å². The molecule has 0 aliphatic carbocycles. The highest BCUT2D eigenvalue weighted by atomic mass is 32.2. The van der Waals surface area contributed by atoms with Gasteiger partial charge in [0.25, 0.3) is 15.6 Å². The van der Waals surface area contributed by atoms with E-state index in [2.05, 4.69) is 29.9 Å². The lowest BCUT2D eigenvalue weighted by Gasteiger charge is -2.12. The number of benzene rings is 1. The van der Waals surface area contributed by atoms with Gasteiger partial charge in [-0.05, 0) is 31.0 Å². The van der Waals surface area contributed by atoms with Gasteiger partial charge in [0.2, 0.25) is 5.95 Å². The van der Waals surface area contributed by atoms with Gasteiger partial charge < -0.3 is 9.72 Å². The number of hydrogen-bond donors (Lipinski definition) is 3. The number of aromatic nitrogens is 7. The fourth-order valence-electron chi connectivity index (χ4n) is 3.43. The number of aryl methyl sites for hydroxylation is 1.